The molecule has 1 fully saturated rings. The van der Waals surface area contributed by atoms with Crippen LogP contribution in [0.25, 0.3) is 11.1 Å². The SMILES string of the molecule is CC(=O)c1c(Cc2cccc(C3OC(CO)C(O)C(O)C3O)c2)cc2cccccc1-2. The lowest BCUT2D eigenvalue weighted by Crippen LogP contribution is -2.55. The first kappa shape index (κ1) is 21.6. The highest BCUT2D eigenvalue weighted by atomic mass is 16.5. The number of aliphatic hydroxyl groups excluding tert-OH is 4. The number of rotatable bonds is 5. The molecule has 5 atom stereocenters. The van der Waals surface area contributed by atoms with Gasteiger partial charge in [-0.25, -0.2) is 0 Å². The first-order valence-corrected chi connectivity index (χ1v) is 10.3. The van der Waals surface area contributed by atoms with Crippen LogP contribution in [0.5, 0.6) is 0 Å². The fourth-order valence-electron chi connectivity index (χ4n) is 4.38. The van der Waals surface area contributed by atoms with Crippen molar-refractivity contribution < 1.29 is 30.0 Å². The second-order valence-corrected chi connectivity index (χ2v) is 8.05. The van der Waals surface area contributed by atoms with E-state index in [0.29, 0.717) is 17.5 Å². The van der Waals surface area contributed by atoms with Crippen molar-refractivity contribution in [1.29, 1.82) is 0 Å². The number of ether oxygens (including phenoxy) is 1. The van der Waals surface area contributed by atoms with Gasteiger partial charge in [0.1, 0.15) is 30.5 Å². The highest BCUT2D eigenvalue weighted by Crippen LogP contribution is 2.35. The summed E-state index contributed by atoms with van der Waals surface area (Å²) in [5.41, 5.74) is 5.06. The Hall–Kier alpha value is -2.61. The van der Waals surface area contributed by atoms with Crippen LogP contribution in [0, 0.1) is 0 Å². The molecule has 0 bridgehead atoms. The summed E-state index contributed by atoms with van der Waals surface area (Å²) in [6, 6.07) is 19.1. The maximum absolute atomic E-state index is 12.4. The molecule has 0 spiro atoms. The summed E-state index contributed by atoms with van der Waals surface area (Å²) in [5, 5.41) is 40.0. The second kappa shape index (κ2) is 8.86. The molecule has 2 aliphatic carbocycles. The van der Waals surface area contributed by atoms with Gasteiger partial charge in [-0.05, 0) is 41.2 Å². The van der Waals surface area contributed by atoms with Crippen LogP contribution in [0.15, 0.2) is 60.7 Å². The minimum absolute atomic E-state index is 0.00119. The average molecular weight is 422 g/mol. The van der Waals surface area contributed by atoms with Crippen molar-refractivity contribution in [3.63, 3.8) is 0 Å². The van der Waals surface area contributed by atoms with Crippen LogP contribution in [-0.4, -0.2) is 57.2 Å². The van der Waals surface area contributed by atoms with Crippen LogP contribution in [0.2, 0.25) is 0 Å². The van der Waals surface area contributed by atoms with E-state index in [0.717, 1.165) is 22.3 Å². The molecular weight excluding hydrogens is 396 g/mol. The topological polar surface area (TPSA) is 107 Å². The molecule has 3 aliphatic rings. The first-order chi connectivity index (χ1) is 14.9. The highest BCUT2D eigenvalue weighted by molar-refractivity contribution is 6.04. The van der Waals surface area contributed by atoms with Crippen LogP contribution in [-0.2, 0) is 11.2 Å². The number of ketones is 1. The van der Waals surface area contributed by atoms with Gasteiger partial charge in [-0.15, -0.1) is 0 Å². The van der Waals surface area contributed by atoms with E-state index >= 15 is 0 Å². The van der Waals surface area contributed by atoms with Gasteiger partial charge in [0.2, 0.25) is 0 Å². The number of fused-ring (bicyclic) bond motifs is 1. The minimum atomic E-state index is -1.43. The van der Waals surface area contributed by atoms with Crippen molar-refractivity contribution in [2.75, 3.05) is 6.61 Å². The van der Waals surface area contributed by atoms with Crippen molar-refractivity contribution in [2.45, 2.75) is 43.9 Å². The van der Waals surface area contributed by atoms with E-state index in [1.54, 1.807) is 13.0 Å². The normalized spacial score (nSPS) is 26.2. The Morgan fingerprint density at radius 2 is 1.71 bits per heavy atom. The summed E-state index contributed by atoms with van der Waals surface area (Å²) in [7, 11) is 0. The Labute approximate surface area is 180 Å². The molecule has 1 saturated heterocycles. The van der Waals surface area contributed by atoms with E-state index in [-0.39, 0.29) is 5.78 Å². The Balaban J connectivity index is 1.67. The van der Waals surface area contributed by atoms with Crippen molar-refractivity contribution in [2.24, 2.45) is 0 Å². The third kappa shape index (κ3) is 4.13. The lowest BCUT2D eigenvalue weighted by Gasteiger charge is -2.40. The van der Waals surface area contributed by atoms with Crippen LogP contribution >= 0.6 is 0 Å². The largest absolute Gasteiger partial charge is 0.394 e. The number of aliphatic hydroxyl groups is 4. The maximum Gasteiger partial charge on any atom is 0.160 e. The summed E-state index contributed by atoms with van der Waals surface area (Å²) in [6.45, 7) is 1.09. The predicted octanol–water partition coefficient (Wildman–Crippen LogP) is 2.10. The van der Waals surface area contributed by atoms with Crippen LogP contribution in [0.3, 0.4) is 0 Å². The van der Waals surface area contributed by atoms with Crippen LogP contribution < -0.4 is 0 Å². The highest BCUT2D eigenvalue weighted by Gasteiger charge is 2.43. The van der Waals surface area contributed by atoms with E-state index in [9.17, 15) is 25.2 Å². The van der Waals surface area contributed by atoms with Gasteiger partial charge in [-0.3, -0.25) is 4.79 Å². The molecule has 162 valence electrons. The second-order valence-electron chi connectivity index (χ2n) is 8.05. The van der Waals surface area contributed by atoms with Gasteiger partial charge in [0.25, 0.3) is 0 Å². The number of hydrogen-bond donors (Lipinski definition) is 4. The van der Waals surface area contributed by atoms with Gasteiger partial charge >= 0.3 is 0 Å². The molecule has 5 unspecified atom stereocenters. The zero-order chi connectivity index (χ0) is 22.1. The Kier molecular flexibility index (Phi) is 6.18. The molecule has 0 saturated carbocycles. The summed E-state index contributed by atoms with van der Waals surface area (Å²) in [5.74, 6) is 0.00119. The number of benzene rings is 1. The summed E-state index contributed by atoms with van der Waals surface area (Å²) < 4.78 is 5.68. The van der Waals surface area contributed by atoms with Gasteiger partial charge in [0, 0.05) is 5.56 Å². The van der Waals surface area contributed by atoms with Crippen LogP contribution in [0.1, 0.15) is 40.1 Å². The number of hydrogen-bond acceptors (Lipinski definition) is 6. The third-order valence-corrected chi connectivity index (χ3v) is 5.91. The predicted molar refractivity (Wildman–Crippen MR) is 115 cm³/mol. The smallest absolute Gasteiger partial charge is 0.160 e. The Morgan fingerprint density at radius 1 is 0.935 bits per heavy atom. The molecule has 1 heterocycles. The third-order valence-electron chi connectivity index (χ3n) is 5.91. The molecule has 0 radical (unpaired) electrons. The molecule has 1 aliphatic heterocycles. The van der Waals surface area contributed by atoms with Gasteiger partial charge in [0.05, 0.1) is 6.61 Å². The van der Waals surface area contributed by atoms with Gasteiger partial charge < -0.3 is 25.2 Å². The van der Waals surface area contributed by atoms with E-state index in [4.69, 9.17) is 4.74 Å². The molecule has 1 aromatic carbocycles. The van der Waals surface area contributed by atoms with E-state index in [1.165, 1.54) is 0 Å². The van der Waals surface area contributed by atoms with Crippen LogP contribution in [0.4, 0.5) is 0 Å². The fourth-order valence-corrected chi connectivity index (χ4v) is 4.38. The van der Waals surface area contributed by atoms with Gasteiger partial charge in [-0.1, -0.05) is 60.7 Å². The number of carbonyl (C=O) groups excluding carboxylic acids is 1. The zero-order valence-corrected chi connectivity index (χ0v) is 17.2. The molecular formula is C25H26O6. The molecule has 1 aromatic rings. The van der Waals surface area contributed by atoms with E-state index in [1.807, 2.05) is 54.6 Å². The Bertz CT molecular complexity index is 1050. The molecule has 6 heteroatoms. The quantitative estimate of drug-likeness (QED) is 0.469. The average Bonchev–Trinajstić information content (AvgIpc) is 2.93. The van der Waals surface area contributed by atoms with E-state index in [2.05, 4.69) is 0 Å². The standard InChI is InChI=1S/C25H26O6/c1-14(27)21-18(12-16-7-3-2-4-9-19(16)21)11-15-6-5-8-17(10-15)25-24(30)23(29)22(28)20(13-26)31-25/h2-10,12,20,22-26,28-30H,11,13H2,1H3. The van der Waals surface area contributed by atoms with Crippen molar-refractivity contribution >= 4 is 5.78 Å². The molecule has 4 N–H and O–H groups in total. The van der Waals surface area contributed by atoms with E-state index < -0.39 is 37.1 Å². The Morgan fingerprint density at radius 3 is 2.45 bits per heavy atom. The fraction of sp³-hybridized carbons (Fsp3) is 0.320. The minimum Gasteiger partial charge on any atom is -0.394 e. The summed E-state index contributed by atoms with van der Waals surface area (Å²) in [4.78, 5) is 12.4. The lowest BCUT2D eigenvalue weighted by atomic mass is 9.90. The lowest BCUT2D eigenvalue weighted by molar-refractivity contribution is -0.231. The summed E-state index contributed by atoms with van der Waals surface area (Å²) in [6.07, 6.45) is -5.49. The number of Topliss-reactive ketones (excluding diaryl/α,β-unsaturated/α-hetero) is 1. The molecule has 0 aromatic heterocycles. The van der Waals surface area contributed by atoms with Gasteiger partial charge in [0.15, 0.2) is 5.78 Å². The number of carbonyl (C=O) groups is 1. The molecule has 31 heavy (non-hydrogen) atoms. The zero-order valence-electron chi connectivity index (χ0n) is 17.2. The van der Waals surface area contributed by atoms with Crippen molar-refractivity contribution in [3.8, 4) is 11.1 Å². The van der Waals surface area contributed by atoms with Crippen molar-refractivity contribution in [1.82, 2.24) is 0 Å². The van der Waals surface area contributed by atoms with Crippen molar-refractivity contribution in [3.05, 3.63) is 82.9 Å². The molecule has 0 amide bonds. The molecule has 4 rings (SSSR count). The monoisotopic (exact) mass is 422 g/mol. The molecule has 6 nitrogen and oxygen atoms in total. The van der Waals surface area contributed by atoms with Gasteiger partial charge in [-0.2, -0.15) is 0 Å². The maximum atomic E-state index is 12.4. The first-order valence-electron chi connectivity index (χ1n) is 10.3. The summed E-state index contributed by atoms with van der Waals surface area (Å²) >= 11 is 0.